The Morgan fingerprint density at radius 2 is 2.18 bits per heavy atom. The number of hydrogen-bond acceptors (Lipinski definition) is 5. The van der Waals surface area contributed by atoms with E-state index in [4.69, 9.17) is 5.73 Å². The van der Waals surface area contributed by atoms with Crippen LogP contribution in [0.3, 0.4) is 0 Å². The summed E-state index contributed by atoms with van der Waals surface area (Å²) in [4.78, 5) is 13.9. The van der Waals surface area contributed by atoms with Crippen LogP contribution in [0.25, 0.3) is 0 Å². The van der Waals surface area contributed by atoms with Crippen LogP contribution in [-0.2, 0) is 0 Å². The summed E-state index contributed by atoms with van der Waals surface area (Å²) in [6.45, 7) is 1.03. The monoisotopic (exact) mass is 253 g/mol. The predicted molar refractivity (Wildman–Crippen MR) is 66.0 cm³/mol. The van der Waals surface area contributed by atoms with Gasteiger partial charge in [0.15, 0.2) is 0 Å². The molecule has 1 aromatic rings. The van der Waals surface area contributed by atoms with Gasteiger partial charge in [0.1, 0.15) is 0 Å². The highest BCUT2D eigenvalue weighted by atomic mass is 32.1. The highest BCUT2D eigenvalue weighted by Crippen LogP contribution is 2.43. The number of rotatable bonds is 3. The van der Waals surface area contributed by atoms with Gasteiger partial charge in [-0.1, -0.05) is 11.3 Å². The molecule has 92 valence electrons. The van der Waals surface area contributed by atoms with Gasteiger partial charge in [0.05, 0.1) is 11.0 Å². The Labute approximate surface area is 103 Å². The molecule has 1 aliphatic carbocycles. The molecule has 2 N–H and O–H groups in total. The van der Waals surface area contributed by atoms with Crippen molar-refractivity contribution < 1.29 is 4.92 Å². The molecular formula is C11H15N3O2S. The van der Waals surface area contributed by atoms with Crippen molar-refractivity contribution in [3.05, 3.63) is 27.1 Å². The lowest BCUT2D eigenvalue weighted by Crippen LogP contribution is -2.32. The number of nitrogens with two attached hydrogens (primary N) is 1. The normalized spacial score (nSPS) is 29.7. The third-order valence-electron chi connectivity index (χ3n) is 3.58. The van der Waals surface area contributed by atoms with Gasteiger partial charge in [0.25, 0.3) is 0 Å². The van der Waals surface area contributed by atoms with Crippen LogP contribution < -0.4 is 5.73 Å². The average molecular weight is 253 g/mol. The van der Waals surface area contributed by atoms with E-state index in [1.807, 2.05) is 6.07 Å². The molecule has 0 spiro atoms. The summed E-state index contributed by atoms with van der Waals surface area (Å²) in [5, 5.41) is 10.9. The molecule has 1 saturated carbocycles. The predicted octanol–water partition coefficient (Wildman–Crippen LogP) is 1.89. The van der Waals surface area contributed by atoms with E-state index in [0.29, 0.717) is 6.04 Å². The molecule has 2 fully saturated rings. The number of nitro groups is 1. The molecule has 1 aliphatic heterocycles. The molecular weight excluding hydrogens is 238 g/mol. The Balaban J connectivity index is 1.86. The van der Waals surface area contributed by atoms with Crippen LogP contribution in [0.5, 0.6) is 0 Å². The summed E-state index contributed by atoms with van der Waals surface area (Å²) in [6, 6.07) is 4.44. The third kappa shape index (κ3) is 1.96. The SMILES string of the molecule is NC1CCN(C2CC2)C1c1ccc([N+](=O)[O-])s1. The maximum atomic E-state index is 10.7. The molecule has 2 atom stereocenters. The molecule has 2 aliphatic rings. The van der Waals surface area contributed by atoms with Crippen molar-refractivity contribution in [2.24, 2.45) is 5.73 Å². The van der Waals surface area contributed by atoms with E-state index in [9.17, 15) is 10.1 Å². The number of hydrogen-bond donors (Lipinski definition) is 1. The third-order valence-corrected chi connectivity index (χ3v) is 4.69. The molecule has 0 radical (unpaired) electrons. The highest BCUT2D eigenvalue weighted by Gasteiger charge is 2.42. The van der Waals surface area contributed by atoms with E-state index in [2.05, 4.69) is 4.90 Å². The van der Waals surface area contributed by atoms with Gasteiger partial charge >= 0.3 is 5.00 Å². The van der Waals surface area contributed by atoms with Gasteiger partial charge in [-0.05, 0) is 25.3 Å². The summed E-state index contributed by atoms with van der Waals surface area (Å²) < 4.78 is 0. The summed E-state index contributed by atoms with van der Waals surface area (Å²) in [5.41, 5.74) is 6.15. The molecule has 2 unspecified atom stereocenters. The Hall–Kier alpha value is -0.980. The van der Waals surface area contributed by atoms with Crippen molar-refractivity contribution in [2.45, 2.75) is 37.4 Å². The van der Waals surface area contributed by atoms with E-state index in [1.165, 1.54) is 24.2 Å². The van der Waals surface area contributed by atoms with Gasteiger partial charge in [-0.2, -0.15) is 0 Å². The zero-order valence-electron chi connectivity index (χ0n) is 9.41. The van der Waals surface area contributed by atoms with Crippen LogP contribution >= 0.6 is 11.3 Å². The Kier molecular flexibility index (Phi) is 2.65. The molecule has 2 heterocycles. The molecule has 17 heavy (non-hydrogen) atoms. The number of nitrogens with zero attached hydrogens (tertiary/aromatic N) is 2. The summed E-state index contributed by atoms with van der Waals surface area (Å²) in [5.74, 6) is 0. The van der Waals surface area contributed by atoms with Crippen LogP contribution in [-0.4, -0.2) is 28.5 Å². The Morgan fingerprint density at radius 1 is 1.41 bits per heavy atom. The van der Waals surface area contributed by atoms with Gasteiger partial charge in [0, 0.05) is 29.6 Å². The van der Waals surface area contributed by atoms with Crippen molar-refractivity contribution in [1.29, 1.82) is 0 Å². The van der Waals surface area contributed by atoms with Crippen LogP contribution in [0.2, 0.25) is 0 Å². The summed E-state index contributed by atoms with van der Waals surface area (Å²) in [7, 11) is 0. The van der Waals surface area contributed by atoms with E-state index >= 15 is 0 Å². The lowest BCUT2D eigenvalue weighted by molar-refractivity contribution is -0.380. The van der Waals surface area contributed by atoms with Crippen molar-refractivity contribution >= 4 is 16.3 Å². The molecule has 1 saturated heterocycles. The maximum absolute atomic E-state index is 10.7. The van der Waals surface area contributed by atoms with Gasteiger partial charge in [-0.25, -0.2) is 0 Å². The maximum Gasteiger partial charge on any atom is 0.324 e. The molecule has 1 aromatic heterocycles. The van der Waals surface area contributed by atoms with Crippen molar-refractivity contribution in [1.82, 2.24) is 4.90 Å². The van der Waals surface area contributed by atoms with E-state index in [1.54, 1.807) is 6.07 Å². The van der Waals surface area contributed by atoms with Crippen LogP contribution in [0.15, 0.2) is 12.1 Å². The number of likely N-dealkylation sites (tertiary alicyclic amines) is 1. The van der Waals surface area contributed by atoms with E-state index in [-0.39, 0.29) is 22.0 Å². The van der Waals surface area contributed by atoms with Gasteiger partial charge in [-0.15, -0.1) is 0 Å². The zero-order valence-corrected chi connectivity index (χ0v) is 10.2. The molecule has 5 nitrogen and oxygen atoms in total. The fraction of sp³-hybridized carbons (Fsp3) is 0.636. The van der Waals surface area contributed by atoms with Gasteiger partial charge in [0.2, 0.25) is 0 Å². The van der Waals surface area contributed by atoms with Gasteiger partial charge < -0.3 is 5.73 Å². The molecule has 0 bridgehead atoms. The van der Waals surface area contributed by atoms with Crippen molar-refractivity contribution in [3.63, 3.8) is 0 Å². The second kappa shape index (κ2) is 4.04. The summed E-state index contributed by atoms with van der Waals surface area (Å²) >= 11 is 1.27. The molecule has 3 rings (SSSR count). The lowest BCUT2D eigenvalue weighted by atomic mass is 10.1. The minimum absolute atomic E-state index is 0.119. The Bertz CT molecular complexity index is 444. The van der Waals surface area contributed by atoms with E-state index in [0.717, 1.165) is 17.8 Å². The van der Waals surface area contributed by atoms with E-state index < -0.39 is 0 Å². The first kappa shape index (κ1) is 11.1. The lowest BCUT2D eigenvalue weighted by Gasteiger charge is -2.25. The smallest absolute Gasteiger partial charge is 0.324 e. The quantitative estimate of drug-likeness (QED) is 0.659. The first-order valence-corrected chi connectivity index (χ1v) is 6.74. The van der Waals surface area contributed by atoms with Crippen LogP contribution in [0.4, 0.5) is 5.00 Å². The molecule has 0 amide bonds. The second-order valence-electron chi connectivity index (χ2n) is 4.80. The molecule has 6 heteroatoms. The zero-order chi connectivity index (χ0) is 12.0. The Morgan fingerprint density at radius 3 is 2.76 bits per heavy atom. The summed E-state index contributed by atoms with van der Waals surface area (Å²) in [6.07, 6.45) is 3.49. The minimum Gasteiger partial charge on any atom is -0.326 e. The number of thiophene rings is 1. The van der Waals surface area contributed by atoms with Crippen LogP contribution in [0.1, 0.15) is 30.2 Å². The van der Waals surface area contributed by atoms with Crippen molar-refractivity contribution in [3.8, 4) is 0 Å². The molecule has 0 aromatic carbocycles. The first-order valence-electron chi connectivity index (χ1n) is 5.92. The van der Waals surface area contributed by atoms with Gasteiger partial charge in [-0.3, -0.25) is 15.0 Å². The largest absolute Gasteiger partial charge is 0.326 e. The topological polar surface area (TPSA) is 72.4 Å². The van der Waals surface area contributed by atoms with Crippen LogP contribution in [0, 0.1) is 10.1 Å². The highest BCUT2D eigenvalue weighted by molar-refractivity contribution is 7.15. The first-order chi connectivity index (χ1) is 8.16. The fourth-order valence-electron chi connectivity index (χ4n) is 2.63. The second-order valence-corrected chi connectivity index (χ2v) is 5.89. The minimum atomic E-state index is -0.323. The fourth-order valence-corrected chi connectivity index (χ4v) is 3.65. The standard InChI is InChI=1S/C11H15N3O2S/c12-8-5-6-13(7-1-2-7)11(8)9-3-4-10(17-9)14(15)16/h3-4,7-8,11H,1-2,5-6,12H2. The van der Waals surface area contributed by atoms with Crippen molar-refractivity contribution in [2.75, 3.05) is 6.54 Å². The average Bonchev–Trinajstić information content (AvgIpc) is 2.88.